The summed E-state index contributed by atoms with van der Waals surface area (Å²) < 4.78 is 20.1. The van der Waals surface area contributed by atoms with E-state index in [2.05, 4.69) is 10.5 Å². The standard InChI is InChI=1S/C13H17FN4O/c1-18-6-5-10(17-18)8-12(16-15)9-3-4-11(14)13(7-9)19-2/h3-7,12,16H,8,15H2,1-2H3. The largest absolute Gasteiger partial charge is 0.494 e. The molecule has 1 heterocycles. The van der Waals surface area contributed by atoms with Gasteiger partial charge < -0.3 is 4.74 Å². The highest BCUT2D eigenvalue weighted by Gasteiger charge is 2.14. The molecule has 5 nitrogen and oxygen atoms in total. The Balaban J connectivity index is 2.21. The predicted molar refractivity (Wildman–Crippen MR) is 69.9 cm³/mol. The summed E-state index contributed by atoms with van der Waals surface area (Å²) in [5.74, 6) is 5.39. The second kappa shape index (κ2) is 5.81. The van der Waals surface area contributed by atoms with Crippen LogP contribution < -0.4 is 16.0 Å². The minimum Gasteiger partial charge on any atom is -0.494 e. The van der Waals surface area contributed by atoms with E-state index in [1.54, 1.807) is 16.8 Å². The lowest BCUT2D eigenvalue weighted by Crippen LogP contribution is -2.29. The van der Waals surface area contributed by atoms with Gasteiger partial charge in [0.2, 0.25) is 0 Å². The molecule has 0 bridgehead atoms. The van der Waals surface area contributed by atoms with Crippen LogP contribution in [-0.4, -0.2) is 16.9 Å². The number of nitrogens with two attached hydrogens (primary N) is 1. The zero-order valence-electron chi connectivity index (χ0n) is 10.9. The van der Waals surface area contributed by atoms with Gasteiger partial charge in [-0.05, 0) is 23.8 Å². The average molecular weight is 264 g/mol. The number of nitrogens with one attached hydrogen (secondary N) is 1. The molecule has 1 atom stereocenters. The summed E-state index contributed by atoms with van der Waals surface area (Å²) in [4.78, 5) is 0. The molecule has 0 spiro atoms. The normalized spacial score (nSPS) is 12.4. The minimum atomic E-state index is -0.389. The molecule has 0 fully saturated rings. The molecule has 0 saturated carbocycles. The van der Waals surface area contributed by atoms with Crippen molar-refractivity contribution in [2.75, 3.05) is 7.11 Å². The number of ether oxygens (including phenoxy) is 1. The maximum Gasteiger partial charge on any atom is 0.165 e. The van der Waals surface area contributed by atoms with Crippen LogP contribution in [0, 0.1) is 5.82 Å². The quantitative estimate of drug-likeness (QED) is 0.631. The van der Waals surface area contributed by atoms with Gasteiger partial charge >= 0.3 is 0 Å². The van der Waals surface area contributed by atoms with E-state index in [4.69, 9.17) is 10.6 Å². The van der Waals surface area contributed by atoms with Gasteiger partial charge in [0.05, 0.1) is 18.8 Å². The zero-order chi connectivity index (χ0) is 13.8. The molecule has 0 radical (unpaired) electrons. The van der Waals surface area contributed by atoms with Crippen molar-refractivity contribution in [3.8, 4) is 5.75 Å². The number of aromatic nitrogens is 2. The van der Waals surface area contributed by atoms with Crippen molar-refractivity contribution in [1.82, 2.24) is 15.2 Å². The lowest BCUT2D eigenvalue weighted by molar-refractivity contribution is 0.384. The molecule has 0 amide bonds. The summed E-state index contributed by atoms with van der Waals surface area (Å²) in [7, 11) is 3.29. The Morgan fingerprint density at radius 1 is 1.47 bits per heavy atom. The van der Waals surface area contributed by atoms with Gasteiger partial charge in [-0.15, -0.1) is 0 Å². The molecule has 3 N–H and O–H groups in total. The highest BCUT2D eigenvalue weighted by molar-refractivity contribution is 5.32. The first-order chi connectivity index (χ1) is 9.13. The lowest BCUT2D eigenvalue weighted by atomic mass is 10.0. The van der Waals surface area contributed by atoms with Crippen LogP contribution in [0.25, 0.3) is 0 Å². The van der Waals surface area contributed by atoms with Gasteiger partial charge in [0, 0.05) is 19.7 Å². The van der Waals surface area contributed by atoms with Gasteiger partial charge in [-0.3, -0.25) is 16.0 Å². The summed E-state index contributed by atoms with van der Waals surface area (Å²) in [5.41, 5.74) is 4.48. The van der Waals surface area contributed by atoms with Crippen LogP contribution in [0.3, 0.4) is 0 Å². The number of rotatable bonds is 5. The third kappa shape index (κ3) is 3.10. The molecule has 0 aliphatic heterocycles. The van der Waals surface area contributed by atoms with Gasteiger partial charge in [-0.1, -0.05) is 6.07 Å². The van der Waals surface area contributed by atoms with Crippen LogP contribution in [0.2, 0.25) is 0 Å². The van der Waals surface area contributed by atoms with Crippen LogP contribution >= 0.6 is 0 Å². The Morgan fingerprint density at radius 2 is 2.26 bits per heavy atom. The molecule has 2 rings (SSSR count). The fourth-order valence-corrected chi connectivity index (χ4v) is 1.95. The smallest absolute Gasteiger partial charge is 0.165 e. The van der Waals surface area contributed by atoms with Crippen LogP contribution in [0.1, 0.15) is 17.3 Å². The van der Waals surface area contributed by atoms with Crippen molar-refractivity contribution in [3.05, 3.63) is 47.5 Å². The summed E-state index contributed by atoms with van der Waals surface area (Å²) in [6.07, 6.45) is 2.49. The number of hydrogen-bond donors (Lipinski definition) is 2. The third-order valence-corrected chi connectivity index (χ3v) is 2.96. The van der Waals surface area contributed by atoms with Crippen LogP contribution in [0.4, 0.5) is 4.39 Å². The van der Waals surface area contributed by atoms with Crippen LogP contribution in [-0.2, 0) is 13.5 Å². The molecule has 2 aromatic rings. The molecular formula is C13H17FN4O. The number of methoxy groups -OCH3 is 1. The topological polar surface area (TPSA) is 65.1 Å². The summed E-state index contributed by atoms with van der Waals surface area (Å²) >= 11 is 0. The van der Waals surface area contributed by atoms with Gasteiger partial charge in [-0.2, -0.15) is 5.10 Å². The third-order valence-electron chi connectivity index (χ3n) is 2.96. The number of aryl methyl sites for hydroxylation is 1. The number of benzene rings is 1. The molecule has 1 unspecified atom stereocenters. The van der Waals surface area contributed by atoms with E-state index < -0.39 is 0 Å². The van der Waals surface area contributed by atoms with Crippen LogP contribution in [0.15, 0.2) is 30.5 Å². The minimum absolute atomic E-state index is 0.149. The number of halogens is 1. The fourth-order valence-electron chi connectivity index (χ4n) is 1.95. The van der Waals surface area contributed by atoms with Crippen molar-refractivity contribution >= 4 is 0 Å². The molecular weight excluding hydrogens is 247 g/mol. The van der Waals surface area contributed by atoms with Crippen molar-refractivity contribution in [1.29, 1.82) is 0 Å². The number of hydrazine groups is 1. The monoisotopic (exact) mass is 264 g/mol. The first-order valence-corrected chi connectivity index (χ1v) is 5.92. The van der Waals surface area contributed by atoms with E-state index in [1.807, 2.05) is 19.3 Å². The molecule has 0 aliphatic rings. The van der Waals surface area contributed by atoms with E-state index in [0.717, 1.165) is 11.3 Å². The molecule has 0 saturated heterocycles. The van der Waals surface area contributed by atoms with Gasteiger partial charge in [0.25, 0.3) is 0 Å². The average Bonchev–Trinajstić information content (AvgIpc) is 2.82. The Bertz CT molecular complexity index is 555. The van der Waals surface area contributed by atoms with Gasteiger partial charge in [-0.25, -0.2) is 4.39 Å². The second-order valence-electron chi connectivity index (χ2n) is 4.30. The fraction of sp³-hybridized carbons (Fsp3) is 0.308. The van der Waals surface area contributed by atoms with Crippen molar-refractivity contribution in [3.63, 3.8) is 0 Å². The Kier molecular flexibility index (Phi) is 4.13. The summed E-state index contributed by atoms with van der Waals surface area (Å²) in [6.45, 7) is 0. The number of hydrogen-bond acceptors (Lipinski definition) is 4. The maximum absolute atomic E-state index is 13.4. The predicted octanol–water partition coefficient (Wildman–Crippen LogP) is 1.31. The Labute approximate surface area is 111 Å². The highest BCUT2D eigenvalue weighted by atomic mass is 19.1. The van der Waals surface area contributed by atoms with E-state index in [1.165, 1.54) is 13.2 Å². The molecule has 102 valence electrons. The van der Waals surface area contributed by atoms with E-state index >= 15 is 0 Å². The maximum atomic E-state index is 13.4. The van der Waals surface area contributed by atoms with Crippen molar-refractivity contribution in [2.24, 2.45) is 12.9 Å². The van der Waals surface area contributed by atoms with Crippen molar-refractivity contribution < 1.29 is 9.13 Å². The van der Waals surface area contributed by atoms with Gasteiger partial charge in [0.1, 0.15) is 0 Å². The summed E-state index contributed by atoms with van der Waals surface area (Å²) in [6, 6.07) is 6.47. The Morgan fingerprint density at radius 3 is 2.84 bits per heavy atom. The molecule has 1 aromatic carbocycles. The van der Waals surface area contributed by atoms with E-state index in [-0.39, 0.29) is 17.6 Å². The second-order valence-corrected chi connectivity index (χ2v) is 4.30. The SMILES string of the molecule is COc1cc(C(Cc2ccn(C)n2)NN)ccc1F. The van der Waals surface area contributed by atoms with Gasteiger partial charge in [0.15, 0.2) is 11.6 Å². The first-order valence-electron chi connectivity index (χ1n) is 5.92. The van der Waals surface area contributed by atoms with E-state index in [9.17, 15) is 4.39 Å². The number of nitrogens with zero attached hydrogens (tertiary/aromatic N) is 2. The molecule has 19 heavy (non-hydrogen) atoms. The van der Waals surface area contributed by atoms with Crippen LogP contribution in [0.5, 0.6) is 5.75 Å². The van der Waals surface area contributed by atoms with E-state index in [0.29, 0.717) is 6.42 Å². The lowest BCUT2D eigenvalue weighted by Gasteiger charge is -2.16. The molecule has 6 heteroatoms. The first kappa shape index (κ1) is 13.5. The highest BCUT2D eigenvalue weighted by Crippen LogP contribution is 2.24. The van der Waals surface area contributed by atoms with Crippen molar-refractivity contribution in [2.45, 2.75) is 12.5 Å². The molecule has 0 aliphatic carbocycles. The summed E-state index contributed by atoms with van der Waals surface area (Å²) in [5, 5.41) is 4.30. The molecule has 1 aromatic heterocycles. The zero-order valence-corrected chi connectivity index (χ0v) is 10.9. The Hall–Kier alpha value is -1.92.